The van der Waals surface area contributed by atoms with Crippen molar-refractivity contribution in [2.24, 2.45) is 0 Å². The van der Waals surface area contributed by atoms with E-state index in [1.807, 2.05) is 0 Å². The van der Waals surface area contributed by atoms with Crippen molar-refractivity contribution < 1.29 is 14.3 Å². The lowest BCUT2D eigenvalue weighted by molar-refractivity contribution is 0.0597. The average Bonchev–Trinajstić information content (AvgIpc) is 2.48. The van der Waals surface area contributed by atoms with E-state index in [-0.39, 0.29) is 11.1 Å². The van der Waals surface area contributed by atoms with Crippen LogP contribution in [0.5, 0.6) is 0 Å². The van der Waals surface area contributed by atoms with Gasteiger partial charge >= 0.3 is 5.97 Å². The Hall–Kier alpha value is -2.21. The Balaban J connectivity index is 2.25. The molecule has 1 aromatic heterocycles. The van der Waals surface area contributed by atoms with E-state index in [9.17, 15) is 9.59 Å². The summed E-state index contributed by atoms with van der Waals surface area (Å²) >= 11 is 3.26. The number of carbonyl (C=O) groups excluding carboxylic acids is 2. The number of nitrogens with zero attached hydrogens (tertiary/aromatic N) is 1. The number of hydrogen-bond donors (Lipinski definition) is 1. The molecule has 0 saturated heterocycles. The number of amides is 1. The highest BCUT2D eigenvalue weighted by Crippen LogP contribution is 2.14. The van der Waals surface area contributed by atoms with Gasteiger partial charge in [0, 0.05) is 10.7 Å². The molecule has 1 N–H and O–H groups in total. The second-order valence-corrected chi connectivity index (χ2v) is 4.77. The van der Waals surface area contributed by atoms with Crippen molar-refractivity contribution in [2.75, 3.05) is 12.4 Å². The molecule has 5 nitrogen and oxygen atoms in total. The molecule has 0 atom stereocenters. The van der Waals surface area contributed by atoms with Gasteiger partial charge in [0.25, 0.3) is 5.91 Å². The largest absolute Gasteiger partial charge is 0.465 e. The molecular weight excluding hydrogens is 324 g/mol. The first-order chi connectivity index (χ1) is 9.61. The molecule has 0 radical (unpaired) electrons. The van der Waals surface area contributed by atoms with Gasteiger partial charge in [-0.1, -0.05) is 12.1 Å². The summed E-state index contributed by atoms with van der Waals surface area (Å²) in [4.78, 5) is 27.8. The predicted molar refractivity (Wildman–Crippen MR) is 77.7 cm³/mol. The maximum absolute atomic E-state index is 12.2. The van der Waals surface area contributed by atoms with E-state index in [4.69, 9.17) is 0 Å². The number of methoxy groups -OCH3 is 1. The number of nitrogens with one attached hydrogen (secondary N) is 1. The Labute approximate surface area is 124 Å². The van der Waals surface area contributed by atoms with Crippen molar-refractivity contribution in [1.82, 2.24) is 4.98 Å². The van der Waals surface area contributed by atoms with Crippen LogP contribution in [0.1, 0.15) is 20.7 Å². The fourth-order valence-electron chi connectivity index (χ4n) is 1.60. The molecule has 0 unspecified atom stereocenters. The number of esters is 1. The van der Waals surface area contributed by atoms with Crippen molar-refractivity contribution in [3.05, 3.63) is 58.2 Å². The minimum atomic E-state index is -0.556. The van der Waals surface area contributed by atoms with Crippen molar-refractivity contribution >= 4 is 33.6 Å². The van der Waals surface area contributed by atoms with Crippen LogP contribution in [0.3, 0.4) is 0 Å². The van der Waals surface area contributed by atoms with Crippen LogP contribution in [0.15, 0.2) is 47.1 Å². The molecule has 2 aromatic rings. The third-order valence-corrected chi connectivity index (χ3v) is 3.02. The van der Waals surface area contributed by atoms with Gasteiger partial charge in [-0.2, -0.15) is 0 Å². The summed E-state index contributed by atoms with van der Waals surface area (Å²) in [7, 11) is 1.27. The summed E-state index contributed by atoms with van der Waals surface area (Å²) in [5.74, 6) is -0.571. The van der Waals surface area contributed by atoms with Gasteiger partial charge in [-0.15, -0.1) is 0 Å². The Morgan fingerprint density at radius 2 is 1.85 bits per heavy atom. The number of ether oxygens (including phenoxy) is 1. The van der Waals surface area contributed by atoms with E-state index in [1.165, 1.54) is 13.2 Å². The Morgan fingerprint density at radius 3 is 2.45 bits per heavy atom. The first-order valence-corrected chi connectivity index (χ1v) is 6.51. The van der Waals surface area contributed by atoms with Crippen LogP contribution in [0, 0.1) is 0 Å². The quantitative estimate of drug-likeness (QED) is 0.876. The lowest BCUT2D eigenvalue weighted by Gasteiger charge is -2.08. The second-order valence-electron chi connectivity index (χ2n) is 3.85. The summed E-state index contributed by atoms with van der Waals surface area (Å²) in [5, 5.41) is 2.63. The van der Waals surface area contributed by atoms with Crippen LogP contribution in [0.25, 0.3) is 0 Å². The minimum Gasteiger partial charge on any atom is -0.465 e. The molecule has 0 fully saturated rings. The molecular formula is C14H11BrN2O3. The zero-order chi connectivity index (χ0) is 14.5. The van der Waals surface area contributed by atoms with E-state index < -0.39 is 11.9 Å². The van der Waals surface area contributed by atoms with Gasteiger partial charge in [0.15, 0.2) is 0 Å². The molecule has 0 spiro atoms. The number of hydrogen-bond acceptors (Lipinski definition) is 4. The maximum atomic E-state index is 12.2. The molecule has 6 heteroatoms. The summed E-state index contributed by atoms with van der Waals surface area (Å²) in [6.45, 7) is 0. The van der Waals surface area contributed by atoms with Gasteiger partial charge < -0.3 is 10.1 Å². The molecule has 1 amide bonds. The number of rotatable bonds is 3. The van der Waals surface area contributed by atoms with E-state index in [2.05, 4.69) is 31.0 Å². The van der Waals surface area contributed by atoms with Crippen LogP contribution in [0.2, 0.25) is 0 Å². The van der Waals surface area contributed by atoms with Crippen LogP contribution in [-0.2, 0) is 4.74 Å². The molecule has 1 aromatic carbocycles. The minimum absolute atomic E-state index is 0.213. The average molecular weight is 335 g/mol. The van der Waals surface area contributed by atoms with Crippen molar-refractivity contribution in [3.63, 3.8) is 0 Å². The molecule has 20 heavy (non-hydrogen) atoms. The molecule has 0 aliphatic heterocycles. The Kier molecular flexibility index (Phi) is 4.47. The monoisotopic (exact) mass is 334 g/mol. The topological polar surface area (TPSA) is 68.3 Å². The van der Waals surface area contributed by atoms with Gasteiger partial charge in [-0.05, 0) is 40.2 Å². The fraction of sp³-hybridized carbons (Fsp3) is 0.0714. The Morgan fingerprint density at radius 1 is 1.15 bits per heavy atom. The summed E-state index contributed by atoms with van der Waals surface area (Å²) in [5.41, 5.74) is 0.452. The van der Waals surface area contributed by atoms with Crippen molar-refractivity contribution in [1.29, 1.82) is 0 Å². The van der Waals surface area contributed by atoms with E-state index in [1.54, 1.807) is 36.5 Å². The first-order valence-electron chi connectivity index (χ1n) is 5.72. The SMILES string of the molecule is COC(=O)c1ccccc1C(=O)Nc1ccc(Br)cn1. The molecule has 1 heterocycles. The highest BCUT2D eigenvalue weighted by atomic mass is 79.9. The van der Waals surface area contributed by atoms with E-state index >= 15 is 0 Å². The third-order valence-electron chi connectivity index (χ3n) is 2.55. The molecule has 0 bridgehead atoms. The van der Waals surface area contributed by atoms with E-state index in [0.29, 0.717) is 5.82 Å². The number of benzene rings is 1. The molecule has 2 rings (SSSR count). The molecule has 0 aliphatic carbocycles. The normalized spacial score (nSPS) is 9.90. The van der Waals surface area contributed by atoms with Crippen molar-refractivity contribution in [3.8, 4) is 0 Å². The molecule has 102 valence electrons. The number of anilines is 1. The van der Waals surface area contributed by atoms with Gasteiger partial charge in [-0.3, -0.25) is 4.79 Å². The van der Waals surface area contributed by atoms with Gasteiger partial charge in [0.1, 0.15) is 5.82 Å². The van der Waals surface area contributed by atoms with Crippen LogP contribution in [-0.4, -0.2) is 24.0 Å². The van der Waals surface area contributed by atoms with Gasteiger partial charge in [0.05, 0.1) is 18.2 Å². The van der Waals surface area contributed by atoms with Crippen LogP contribution < -0.4 is 5.32 Å². The predicted octanol–water partition coefficient (Wildman–Crippen LogP) is 2.88. The zero-order valence-electron chi connectivity index (χ0n) is 10.6. The van der Waals surface area contributed by atoms with Crippen LogP contribution >= 0.6 is 15.9 Å². The van der Waals surface area contributed by atoms with Crippen molar-refractivity contribution in [2.45, 2.75) is 0 Å². The molecule has 0 saturated carbocycles. The maximum Gasteiger partial charge on any atom is 0.338 e. The highest BCUT2D eigenvalue weighted by Gasteiger charge is 2.17. The molecule has 0 aliphatic rings. The standard InChI is InChI=1S/C14H11BrN2O3/c1-20-14(19)11-5-3-2-4-10(11)13(18)17-12-7-6-9(15)8-16-12/h2-8H,1H3,(H,16,17,18). The number of aromatic nitrogens is 1. The summed E-state index contributed by atoms with van der Waals surface area (Å²) in [6, 6.07) is 9.85. The third kappa shape index (κ3) is 3.21. The smallest absolute Gasteiger partial charge is 0.338 e. The zero-order valence-corrected chi connectivity index (χ0v) is 12.2. The van der Waals surface area contributed by atoms with Gasteiger partial charge in [-0.25, -0.2) is 9.78 Å². The highest BCUT2D eigenvalue weighted by molar-refractivity contribution is 9.10. The fourth-order valence-corrected chi connectivity index (χ4v) is 1.84. The number of pyridine rings is 1. The lowest BCUT2D eigenvalue weighted by atomic mass is 10.1. The number of carbonyl (C=O) groups is 2. The van der Waals surface area contributed by atoms with E-state index in [0.717, 1.165) is 4.47 Å². The lowest BCUT2D eigenvalue weighted by Crippen LogP contribution is -2.17. The van der Waals surface area contributed by atoms with Gasteiger partial charge in [0.2, 0.25) is 0 Å². The number of halogens is 1. The first kappa shape index (κ1) is 14.2. The second kappa shape index (κ2) is 6.29. The summed E-state index contributed by atoms with van der Waals surface area (Å²) in [6.07, 6.45) is 1.57. The summed E-state index contributed by atoms with van der Waals surface area (Å²) < 4.78 is 5.46. The Bertz CT molecular complexity index is 641. The van der Waals surface area contributed by atoms with Crippen LogP contribution in [0.4, 0.5) is 5.82 Å².